The minimum absolute atomic E-state index is 0.0615. The van der Waals surface area contributed by atoms with Crippen molar-refractivity contribution in [2.75, 3.05) is 19.8 Å². The third-order valence-corrected chi connectivity index (χ3v) is 10.3. The number of carbonyl (C=O) groups excluding carboxylic acids is 5. The molecule has 0 radical (unpaired) electrons. The molecule has 13 atom stereocenters. The highest BCUT2D eigenvalue weighted by atomic mass is 16.8. The van der Waals surface area contributed by atoms with E-state index in [1.54, 1.807) is 0 Å². The molecule has 0 bridgehead atoms. The molecule has 0 saturated carbocycles. The highest BCUT2D eigenvalue weighted by Gasteiger charge is 2.55. The molecule has 4 aliphatic rings. The maximum absolute atomic E-state index is 14.2. The van der Waals surface area contributed by atoms with Gasteiger partial charge in [0.1, 0.15) is 48.3 Å². The number of carbonyl (C=O) groups is 5. The van der Waals surface area contributed by atoms with E-state index >= 15 is 0 Å². The van der Waals surface area contributed by atoms with Gasteiger partial charge in [-0.2, -0.15) is 0 Å². The summed E-state index contributed by atoms with van der Waals surface area (Å²) in [5, 5.41) is 72.3. The van der Waals surface area contributed by atoms with Crippen molar-refractivity contribution in [1.82, 2.24) is 0 Å². The highest BCUT2D eigenvalue weighted by Crippen LogP contribution is 2.41. The first-order valence-corrected chi connectivity index (χ1v) is 19.0. The number of benzene rings is 2. The summed E-state index contributed by atoms with van der Waals surface area (Å²) in [5.41, 5.74) is -0.988. The minimum atomic E-state index is -1.98. The Hall–Kier alpha value is -6.01. The Labute approximate surface area is 351 Å². The summed E-state index contributed by atoms with van der Waals surface area (Å²) in [6.07, 6.45) is -16.8. The highest BCUT2D eigenvalue weighted by molar-refractivity contribution is 5.94. The number of cyclic esters (lactones) is 1. The summed E-state index contributed by atoms with van der Waals surface area (Å²) in [4.78, 5) is 65.5. The second kappa shape index (κ2) is 19.4. The zero-order valence-corrected chi connectivity index (χ0v) is 32.9. The molecule has 2 aromatic carbocycles. The fourth-order valence-electron chi connectivity index (χ4n) is 7.23. The molecule has 0 aromatic heterocycles. The van der Waals surface area contributed by atoms with Gasteiger partial charge in [0, 0.05) is 25.7 Å². The molecule has 0 unspecified atom stereocenters. The van der Waals surface area contributed by atoms with Crippen LogP contribution < -0.4 is 4.74 Å². The number of fused-ring (bicyclic) bond motifs is 1. The second-order valence-electron chi connectivity index (χ2n) is 14.4. The van der Waals surface area contributed by atoms with Gasteiger partial charge in [0.25, 0.3) is 0 Å². The lowest BCUT2D eigenvalue weighted by Gasteiger charge is -2.46. The van der Waals surface area contributed by atoms with Gasteiger partial charge in [-0.25, -0.2) is 14.4 Å². The molecular formula is C40H44O22. The average molecular weight is 877 g/mol. The van der Waals surface area contributed by atoms with Crippen LogP contribution in [0.4, 0.5) is 0 Å². The van der Waals surface area contributed by atoms with E-state index < -0.39 is 157 Å². The number of hydrogen-bond donors (Lipinski definition) is 7. The topological polar surface area (TPSA) is 319 Å². The van der Waals surface area contributed by atoms with Crippen LogP contribution >= 0.6 is 0 Å². The van der Waals surface area contributed by atoms with Crippen LogP contribution in [-0.4, -0.2) is 153 Å². The van der Waals surface area contributed by atoms with E-state index in [9.17, 15) is 59.7 Å². The second-order valence-corrected chi connectivity index (χ2v) is 14.4. The van der Waals surface area contributed by atoms with Gasteiger partial charge in [-0.15, -0.1) is 6.58 Å². The van der Waals surface area contributed by atoms with Gasteiger partial charge in [0.15, 0.2) is 41.3 Å². The van der Waals surface area contributed by atoms with Crippen molar-refractivity contribution >= 4 is 29.8 Å². The first-order valence-electron chi connectivity index (χ1n) is 19.0. The van der Waals surface area contributed by atoms with Gasteiger partial charge < -0.3 is 83.1 Å². The standard InChI is InChI=1S/C40H44O22/c1-4-18-19-11-12-53-35(50)22(19)14-55-38(18)62-40-34(60-36(51)20-7-5-9-23(44)27(20)46)33(56-17(3)43)32(26(58-40)15-54-16(2)42)59-37(52)21-8-6-10-24(45)31(21)61-39-30(49)29(48)28(47)25(13-41)57-39/h4-10,14,18-19,25-26,28-30,32-34,38-41,44-49H,1,11-13,15H2,2-3H3/t18-,19-,25-,26-,28-,29+,30-,32-,33+,34-,38+,39+,40+/m0/s1. The molecule has 0 amide bonds. The van der Waals surface area contributed by atoms with Gasteiger partial charge in [0.05, 0.1) is 25.0 Å². The molecule has 4 aliphatic heterocycles. The van der Waals surface area contributed by atoms with Gasteiger partial charge >= 0.3 is 29.8 Å². The molecule has 6 rings (SSSR count). The summed E-state index contributed by atoms with van der Waals surface area (Å²) >= 11 is 0. The van der Waals surface area contributed by atoms with E-state index in [1.807, 2.05) is 0 Å². The van der Waals surface area contributed by atoms with Crippen LogP contribution in [0.15, 0.2) is 60.9 Å². The van der Waals surface area contributed by atoms with Gasteiger partial charge in [0.2, 0.25) is 18.9 Å². The van der Waals surface area contributed by atoms with Crippen molar-refractivity contribution in [3.63, 3.8) is 0 Å². The number of esters is 5. The third-order valence-electron chi connectivity index (χ3n) is 10.3. The van der Waals surface area contributed by atoms with Crippen LogP contribution in [0, 0.1) is 11.8 Å². The molecule has 3 saturated heterocycles. The fourth-order valence-corrected chi connectivity index (χ4v) is 7.23. The third kappa shape index (κ3) is 9.55. The number of phenols is 3. The number of hydrogen-bond acceptors (Lipinski definition) is 22. The number of phenolic OH excluding ortho intramolecular Hbond substituents is 3. The first kappa shape index (κ1) is 45.5. The summed E-state index contributed by atoms with van der Waals surface area (Å²) in [5.74, 6) is -9.58. The van der Waals surface area contributed by atoms with Crippen LogP contribution in [0.1, 0.15) is 41.0 Å². The molecular weight excluding hydrogens is 832 g/mol. The monoisotopic (exact) mass is 876 g/mol. The summed E-state index contributed by atoms with van der Waals surface area (Å²) in [7, 11) is 0. The molecule has 22 heteroatoms. The molecule has 62 heavy (non-hydrogen) atoms. The fraction of sp³-hybridized carbons (Fsp3) is 0.475. The van der Waals surface area contributed by atoms with Crippen LogP contribution in [0.5, 0.6) is 23.0 Å². The van der Waals surface area contributed by atoms with E-state index in [0.717, 1.165) is 44.4 Å². The Bertz CT molecular complexity index is 2050. The Morgan fingerprint density at radius 3 is 2.13 bits per heavy atom. The van der Waals surface area contributed by atoms with E-state index in [0.29, 0.717) is 6.42 Å². The molecule has 3 fully saturated rings. The molecule has 336 valence electrons. The maximum Gasteiger partial charge on any atom is 0.342 e. The van der Waals surface area contributed by atoms with Gasteiger partial charge in [-0.05, 0) is 30.7 Å². The predicted octanol–water partition coefficient (Wildman–Crippen LogP) is -0.425. The number of ether oxygens (including phenoxy) is 10. The van der Waals surface area contributed by atoms with Crippen LogP contribution in [-0.2, 0) is 57.0 Å². The van der Waals surface area contributed by atoms with Crippen molar-refractivity contribution in [3.05, 3.63) is 72.0 Å². The minimum Gasteiger partial charge on any atom is -0.504 e. The van der Waals surface area contributed by atoms with Crippen molar-refractivity contribution < 1.29 is 107 Å². The largest absolute Gasteiger partial charge is 0.504 e. The molecule has 22 nitrogen and oxygen atoms in total. The number of para-hydroxylation sites is 2. The van der Waals surface area contributed by atoms with Crippen LogP contribution in [0.25, 0.3) is 0 Å². The van der Waals surface area contributed by atoms with Crippen LogP contribution in [0.3, 0.4) is 0 Å². The SMILES string of the molecule is C=C[C@@H]1[C@@H](O[C@H]2O[C@@H](COC(C)=O)[C@H](OC(=O)c3cccc(O)c3O[C@H]3O[C@@H](CO)[C@H](O)[C@@H](O)[C@@H]3O)[C@@H](OC(C)=O)[C@@H]2OC(=O)c2cccc(O)c2O)OC=C2C(=O)OCC[C@H]21. The number of aromatic hydroxyl groups is 3. The molecule has 7 N–H and O–H groups in total. The van der Waals surface area contributed by atoms with E-state index in [1.165, 1.54) is 18.2 Å². The molecule has 4 heterocycles. The van der Waals surface area contributed by atoms with Crippen molar-refractivity contribution in [2.24, 2.45) is 11.8 Å². The summed E-state index contributed by atoms with van der Waals surface area (Å²) < 4.78 is 56.8. The Balaban J connectivity index is 1.39. The zero-order valence-electron chi connectivity index (χ0n) is 32.9. The maximum atomic E-state index is 14.2. The Kier molecular flexibility index (Phi) is 14.2. The Morgan fingerprint density at radius 1 is 0.790 bits per heavy atom. The van der Waals surface area contributed by atoms with E-state index in [4.69, 9.17) is 47.4 Å². The average Bonchev–Trinajstić information content (AvgIpc) is 3.23. The van der Waals surface area contributed by atoms with Crippen LogP contribution in [0.2, 0.25) is 0 Å². The lowest BCUT2D eigenvalue weighted by Crippen LogP contribution is -2.64. The quantitative estimate of drug-likeness (QED) is 0.0581. The summed E-state index contributed by atoms with van der Waals surface area (Å²) in [6.45, 7) is 4.34. The predicted molar refractivity (Wildman–Crippen MR) is 198 cm³/mol. The van der Waals surface area contributed by atoms with Crippen molar-refractivity contribution in [2.45, 2.75) is 88.0 Å². The van der Waals surface area contributed by atoms with Gasteiger partial charge in [-0.3, -0.25) is 9.59 Å². The van der Waals surface area contributed by atoms with E-state index in [-0.39, 0.29) is 12.2 Å². The number of rotatable bonds is 13. The molecule has 2 aromatic rings. The number of aliphatic hydroxyl groups excluding tert-OH is 4. The smallest absolute Gasteiger partial charge is 0.342 e. The lowest BCUT2D eigenvalue weighted by atomic mass is 9.81. The first-order chi connectivity index (χ1) is 29.5. The number of aliphatic hydroxyl groups is 4. The summed E-state index contributed by atoms with van der Waals surface area (Å²) in [6, 6.07) is 6.71. The van der Waals surface area contributed by atoms with Crippen molar-refractivity contribution in [3.8, 4) is 23.0 Å². The zero-order chi connectivity index (χ0) is 45.0. The normalized spacial score (nSPS) is 31.7. The lowest BCUT2D eigenvalue weighted by molar-refractivity contribution is -0.338. The van der Waals surface area contributed by atoms with Crippen molar-refractivity contribution in [1.29, 1.82) is 0 Å². The molecule has 0 spiro atoms. The molecule has 0 aliphatic carbocycles. The Morgan fingerprint density at radius 2 is 1.45 bits per heavy atom. The van der Waals surface area contributed by atoms with E-state index in [2.05, 4.69) is 6.58 Å². The van der Waals surface area contributed by atoms with Gasteiger partial charge in [-0.1, -0.05) is 18.2 Å².